The number of rotatable bonds is 11. The summed E-state index contributed by atoms with van der Waals surface area (Å²) in [6.07, 6.45) is 10.8. The van der Waals surface area contributed by atoms with E-state index in [1.165, 1.54) is 16.3 Å². The maximum atomic E-state index is 6.80. The quantitative estimate of drug-likeness (QED) is 0.248. The van der Waals surface area contributed by atoms with Crippen LogP contribution >= 0.6 is 0 Å². The van der Waals surface area contributed by atoms with Crippen LogP contribution in [0.25, 0.3) is 0 Å². The van der Waals surface area contributed by atoms with Crippen molar-refractivity contribution >= 4 is 13.5 Å². The monoisotopic (exact) mass is 371 g/mol. The van der Waals surface area contributed by atoms with Crippen LogP contribution in [0.4, 0.5) is 0 Å². The lowest BCUT2D eigenvalue weighted by Crippen LogP contribution is -2.54. The van der Waals surface area contributed by atoms with Gasteiger partial charge in [0.15, 0.2) is 0 Å². The van der Waals surface area contributed by atoms with Crippen LogP contribution in [0.3, 0.4) is 0 Å². The Hall–Kier alpha value is -1.42. The van der Waals surface area contributed by atoms with Crippen molar-refractivity contribution in [2.45, 2.75) is 53.1 Å². The van der Waals surface area contributed by atoms with Gasteiger partial charge in [-0.1, -0.05) is 81.0 Å². The van der Waals surface area contributed by atoms with Gasteiger partial charge in [0.1, 0.15) is 0 Å². The fourth-order valence-corrected chi connectivity index (χ4v) is 7.15. The van der Waals surface area contributed by atoms with Crippen molar-refractivity contribution in [2.75, 3.05) is 19.7 Å². The minimum atomic E-state index is -2.14. The Bertz CT molecular complexity index is 618. The fraction of sp³-hybridized carbons (Fsp3) is 0.478. The molecule has 3 heteroatoms. The van der Waals surface area contributed by atoms with E-state index in [4.69, 9.17) is 4.43 Å². The SMILES string of the molecule is CC=CC=CC[Si](OCC(C)=CCNCC)(c1ccccc1C)C(C)C. The predicted molar refractivity (Wildman–Crippen MR) is 119 cm³/mol. The molecule has 26 heavy (non-hydrogen) atoms. The van der Waals surface area contributed by atoms with Gasteiger partial charge in [0, 0.05) is 6.54 Å². The van der Waals surface area contributed by atoms with Crippen LogP contribution in [-0.4, -0.2) is 28.0 Å². The normalized spacial score (nSPS) is 15.3. The van der Waals surface area contributed by atoms with Gasteiger partial charge in [-0.25, -0.2) is 0 Å². The molecule has 0 aromatic heterocycles. The van der Waals surface area contributed by atoms with Gasteiger partial charge in [0.05, 0.1) is 6.61 Å². The van der Waals surface area contributed by atoms with Crippen molar-refractivity contribution in [3.8, 4) is 0 Å². The molecule has 1 atom stereocenters. The third kappa shape index (κ3) is 6.71. The third-order valence-electron chi connectivity index (χ3n) is 4.80. The van der Waals surface area contributed by atoms with Crippen LogP contribution in [-0.2, 0) is 4.43 Å². The van der Waals surface area contributed by atoms with Gasteiger partial charge in [0.25, 0.3) is 0 Å². The molecule has 0 aliphatic carbocycles. The molecular formula is C23H37NOSi. The molecule has 144 valence electrons. The number of nitrogens with one attached hydrogen (secondary N) is 1. The molecule has 1 unspecified atom stereocenters. The standard InChI is InChI=1S/C23H37NOSi/c1-7-9-10-13-18-26(20(3)4,23-15-12-11-14-22(23)6)25-19-21(5)16-17-24-8-2/h7,9-16,20,24H,8,17-19H2,1-6H3. The summed E-state index contributed by atoms with van der Waals surface area (Å²) in [4.78, 5) is 0. The maximum Gasteiger partial charge on any atom is 0.231 e. The summed E-state index contributed by atoms with van der Waals surface area (Å²) in [6.45, 7) is 15.8. The van der Waals surface area contributed by atoms with E-state index in [0.717, 1.165) is 19.1 Å². The van der Waals surface area contributed by atoms with Crippen molar-refractivity contribution in [2.24, 2.45) is 0 Å². The van der Waals surface area contributed by atoms with Gasteiger partial charge in [-0.3, -0.25) is 0 Å². The smallest absolute Gasteiger partial charge is 0.231 e. The lowest BCUT2D eigenvalue weighted by molar-refractivity contribution is 0.336. The summed E-state index contributed by atoms with van der Waals surface area (Å²) >= 11 is 0. The molecule has 0 aliphatic rings. The molecule has 0 amide bonds. The second-order valence-electron chi connectivity index (χ2n) is 7.16. The molecular weight excluding hydrogens is 334 g/mol. The summed E-state index contributed by atoms with van der Waals surface area (Å²) in [7, 11) is -2.14. The zero-order valence-corrected chi connectivity index (χ0v) is 18.5. The Morgan fingerprint density at radius 2 is 1.96 bits per heavy atom. The first-order chi connectivity index (χ1) is 12.5. The van der Waals surface area contributed by atoms with Gasteiger partial charge >= 0.3 is 0 Å². The molecule has 0 heterocycles. The summed E-state index contributed by atoms with van der Waals surface area (Å²) < 4.78 is 6.80. The Morgan fingerprint density at radius 1 is 1.23 bits per heavy atom. The highest BCUT2D eigenvalue weighted by atomic mass is 28.4. The molecule has 0 fully saturated rings. The first kappa shape index (κ1) is 22.6. The van der Waals surface area contributed by atoms with Gasteiger partial charge in [-0.2, -0.15) is 0 Å². The second kappa shape index (κ2) is 12.1. The van der Waals surface area contributed by atoms with E-state index in [0.29, 0.717) is 12.1 Å². The van der Waals surface area contributed by atoms with Crippen LogP contribution in [0.2, 0.25) is 11.6 Å². The highest BCUT2D eigenvalue weighted by Crippen LogP contribution is 2.29. The highest BCUT2D eigenvalue weighted by Gasteiger charge is 2.40. The van der Waals surface area contributed by atoms with Crippen molar-refractivity contribution in [1.29, 1.82) is 0 Å². The van der Waals surface area contributed by atoms with Crippen LogP contribution in [0, 0.1) is 6.92 Å². The number of hydrogen-bond acceptors (Lipinski definition) is 2. The Morgan fingerprint density at radius 3 is 2.58 bits per heavy atom. The minimum Gasteiger partial charge on any atom is -0.408 e. The van der Waals surface area contributed by atoms with E-state index in [-0.39, 0.29) is 0 Å². The van der Waals surface area contributed by atoms with Crippen LogP contribution in [0.15, 0.2) is 60.2 Å². The molecule has 0 radical (unpaired) electrons. The zero-order chi connectivity index (χ0) is 19.4. The van der Waals surface area contributed by atoms with Gasteiger partial charge < -0.3 is 9.74 Å². The first-order valence-corrected chi connectivity index (χ1v) is 12.0. The molecule has 0 saturated heterocycles. The first-order valence-electron chi connectivity index (χ1n) is 9.82. The van der Waals surface area contributed by atoms with E-state index in [1.54, 1.807) is 0 Å². The molecule has 0 spiro atoms. The second-order valence-corrected chi connectivity index (χ2v) is 11.3. The Balaban J connectivity index is 3.13. The summed E-state index contributed by atoms with van der Waals surface area (Å²) in [5.41, 5.74) is 3.15. The largest absolute Gasteiger partial charge is 0.408 e. The number of benzene rings is 1. The summed E-state index contributed by atoms with van der Waals surface area (Å²) in [5, 5.41) is 4.78. The lowest BCUT2D eigenvalue weighted by Gasteiger charge is -2.36. The van der Waals surface area contributed by atoms with Crippen molar-refractivity contribution in [1.82, 2.24) is 5.32 Å². The summed E-state index contributed by atoms with van der Waals surface area (Å²) in [6, 6.07) is 9.77. The molecule has 1 aromatic rings. The molecule has 1 rings (SSSR count). The topological polar surface area (TPSA) is 21.3 Å². The summed E-state index contributed by atoms with van der Waals surface area (Å²) in [5.74, 6) is 0. The van der Waals surface area contributed by atoms with Crippen LogP contribution in [0.1, 0.15) is 40.2 Å². The zero-order valence-electron chi connectivity index (χ0n) is 17.5. The van der Waals surface area contributed by atoms with Crippen molar-refractivity contribution in [3.63, 3.8) is 0 Å². The van der Waals surface area contributed by atoms with E-state index in [2.05, 4.69) is 94.6 Å². The van der Waals surface area contributed by atoms with Gasteiger partial charge in [0.2, 0.25) is 8.32 Å². The van der Waals surface area contributed by atoms with Crippen LogP contribution in [0.5, 0.6) is 0 Å². The number of aryl methyl sites for hydroxylation is 1. The number of hydrogen-bond donors (Lipinski definition) is 1. The Kier molecular flexibility index (Phi) is 10.5. The molecule has 0 saturated carbocycles. The van der Waals surface area contributed by atoms with E-state index in [9.17, 15) is 0 Å². The Labute approximate surface area is 162 Å². The molecule has 0 aliphatic heterocycles. The fourth-order valence-electron chi connectivity index (χ4n) is 3.13. The number of allylic oxidation sites excluding steroid dienone is 4. The predicted octanol–water partition coefficient (Wildman–Crippen LogP) is 5.26. The average molecular weight is 372 g/mol. The maximum absolute atomic E-state index is 6.80. The molecule has 1 aromatic carbocycles. The molecule has 0 bridgehead atoms. The van der Waals surface area contributed by atoms with E-state index >= 15 is 0 Å². The highest BCUT2D eigenvalue weighted by molar-refractivity contribution is 6.88. The molecule has 2 nitrogen and oxygen atoms in total. The van der Waals surface area contributed by atoms with Gasteiger partial charge in [-0.15, -0.1) is 0 Å². The number of likely N-dealkylation sites (N-methyl/N-ethyl adjacent to an activating group) is 1. The molecule has 1 N–H and O–H groups in total. The minimum absolute atomic E-state index is 0.500. The third-order valence-corrected chi connectivity index (χ3v) is 9.64. The van der Waals surface area contributed by atoms with Crippen molar-refractivity contribution in [3.05, 3.63) is 65.8 Å². The lowest BCUT2D eigenvalue weighted by atomic mass is 10.2. The van der Waals surface area contributed by atoms with Gasteiger partial charge in [-0.05, 0) is 49.7 Å². The average Bonchev–Trinajstić information content (AvgIpc) is 2.62. The van der Waals surface area contributed by atoms with Crippen LogP contribution < -0.4 is 10.5 Å². The van der Waals surface area contributed by atoms with E-state index in [1.807, 2.05) is 6.92 Å². The van der Waals surface area contributed by atoms with Crippen molar-refractivity contribution < 1.29 is 4.43 Å². The van der Waals surface area contributed by atoms with E-state index < -0.39 is 8.32 Å².